The molecule has 1 aliphatic rings. The molecule has 0 aromatic heterocycles. The van der Waals surface area contributed by atoms with E-state index in [1.807, 2.05) is 30.3 Å². The van der Waals surface area contributed by atoms with Crippen molar-refractivity contribution in [1.82, 2.24) is 0 Å². The van der Waals surface area contributed by atoms with Crippen molar-refractivity contribution < 1.29 is 14.3 Å². The third kappa shape index (κ3) is 5.66. The first kappa shape index (κ1) is 21.0. The van der Waals surface area contributed by atoms with E-state index in [1.165, 1.54) is 16.7 Å². The van der Waals surface area contributed by atoms with Gasteiger partial charge in [-0.15, -0.1) is 0 Å². The number of fused-ring (bicyclic) bond motifs is 1. The van der Waals surface area contributed by atoms with Crippen LogP contribution in [0, 0.1) is 5.92 Å². The van der Waals surface area contributed by atoms with Crippen LogP contribution in [0.3, 0.4) is 0 Å². The molecule has 0 heterocycles. The molecule has 3 aromatic carbocycles. The Kier molecular flexibility index (Phi) is 6.88. The van der Waals surface area contributed by atoms with Crippen molar-refractivity contribution >= 4 is 17.3 Å². The lowest BCUT2D eigenvalue weighted by molar-refractivity contribution is -0.145. The van der Waals surface area contributed by atoms with Crippen LogP contribution in [0.2, 0.25) is 0 Å². The molecule has 0 amide bonds. The van der Waals surface area contributed by atoms with E-state index in [4.69, 9.17) is 9.47 Å². The molecule has 1 aliphatic carbocycles. The predicted octanol–water partition coefficient (Wildman–Crippen LogP) is 5.72. The normalized spacial score (nSPS) is 15.1. The molecule has 0 spiro atoms. The fraction of sp³-hybridized carbons (Fsp3) is 0.296. The molecule has 0 radical (unpaired) electrons. The van der Waals surface area contributed by atoms with Gasteiger partial charge in [0.1, 0.15) is 5.75 Å². The van der Waals surface area contributed by atoms with E-state index in [-0.39, 0.29) is 12.6 Å². The summed E-state index contributed by atoms with van der Waals surface area (Å²) in [5.41, 5.74) is 6.14. The average Bonchev–Trinajstić information content (AvgIpc) is 2.80. The Balaban J connectivity index is 1.35. The third-order valence-electron chi connectivity index (χ3n) is 5.73. The van der Waals surface area contributed by atoms with Gasteiger partial charge in [-0.25, -0.2) is 4.79 Å². The summed E-state index contributed by atoms with van der Waals surface area (Å²) in [7, 11) is 0. The fourth-order valence-corrected chi connectivity index (χ4v) is 4.24. The summed E-state index contributed by atoms with van der Waals surface area (Å²) < 4.78 is 10.7. The first-order valence-electron chi connectivity index (χ1n) is 11.0. The summed E-state index contributed by atoms with van der Waals surface area (Å²) in [4.78, 5) is 11.6. The van der Waals surface area contributed by atoms with Crippen LogP contribution in [-0.2, 0) is 28.8 Å². The molecule has 4 heteroatoms. The second kappa shape index (κ2) is 10.2. The quantitative estimate of drug-likeness (QED) is 0.478. The van der Waals surface area contributed by atoms with Crippen LogP contribution in [0.15, 0.2) is 72.8 Å². The van der Waals surface area contributed by atoms with E-state index in [9.17, 15) is 4.79 Å². The number of rotatable bonds is 8. The minimum atomic E-state index is -0.320. The third-order valence-corrected chi connectivity index (χ3v) is 5.73. The zero-order valence-electron chi connectivity index (χ0n) is 18.0. The molecule has 1 atom stereocenters. The van der Waals surface area contributed by atoms with Gasteiger partial charge in [-0.2, -0.15) is 0 Å². The lowest BCUT2D eigenvalue weighted by Gasteiger charge is -2.26. The zero-order chi connectivity index (χ0) is 21.5. The van der Waals surface area contributed by atoms with E-state index < -0.39 is 0 Å². The highest BCUT2D eigenvalue weighted by Gasteiger charge is 2.22. The number of para-hydroxylation sites is 1. The van der Waals surface area contributed by atoms with Crippen LogP contribution in [0.1, 0.15) is 30.0 Å². The van der Waals surface area contributed by atoms with E-state index in [1.54, 1.807) is 6.92 Å². The predicted molar refractivity (Wildman–Crippen MR) is 124 cm³/mol. The zero-order valence-corrected chi connectivity index (χ0v) is 18.0. The molecule has 31 heavy (non-hydrogen) atoms. The summed E-state index contributed by atoms with van der Waals surface area (Å²) in [6.07, 6.45) is 4.21. The Hall–Kier alpha value is -3.27. The number of hydrogen-bond acceptors (Lipinski definition) is 4. The summed E-state index contributed by atoms with van der Waals surface area (Å²) in [6.45, 7) is 2.15. The fourth-order valence-electron chi connectivity index (χ4n) is 4.24. The molecule has 0 saturated heterocycles. The van der Waals surface area contributed by atoms with E-state index in [2.05, 4.69) is 47.8 Å². The number of anilines is 2. The van der Waals surface area contributed by atoms with Gasteiger partial charge in [0.25, 0.3) is 0 Å². The van der Waals surface area contributed by atoms with Crippen molar-refractivity contribution in [1.29, 1.82) is 0 Å². The lowest BCUT2D eigenvalue weighted by Crippen LogP contribution is -2.19. The Morgan fingerprint density at radius 2 is 1.74 bits per heavy atom. The average molecular weight is 416 g/mol. The lowest BCUT2D eigenvalue weighted by atomic mass is 9.80. The second-order valence-electron chi connectivity index (χ2n) is 7.99. The maximum Gasteiger partial charge on any atom is 0.344 e. The van der Waals surface area contributed by atoms with Gasteiger partial charge in [-0.3, -0.25) is 0 Å². The molecule has 4 nitrogen and oxygen atoms in total. The van der Waals surface area contributed by atoms with E-state index >= 15 is 0 Å². The van der Waals surface area contributed by atoms with Gasteiger partial charge in [-0.05, 0) is 85.5 Å². The molecule has 0 bridgehead atoms. The van der Waals surface area contributed by atoms with E-state index in [0.29, 0.717) is 12.5 Å². The number of hydrogen-bond donors (Lipinski definition) is 1. The number of carbonyl (C=O) groups excluding carboxylic acids is 1. The molecule has 0 fully saturated rings. The highest BCUT2D eigenvalue weighted by molar-refractivity contribution is 5.71. The summed E-state index contributed by atoms with van der Waals surface area (Å²) in [5, 5.41) is 3.43. The van der Waals surface area contributed by atoms with Gasteiger partial charge < -0.3 is 14.8 Å². The van der Waals surface area contributed by atoms with Crippen molar-refractivity contribution in [2.24, 2.45) is 5.92 Å². The summed E-state index contributed by atoms with van der Waals surface area (Å²) in [5.74, 6) is 1.11. The second-order valence-corrected chi connectivity index (χ2v) is 7.99. The van der Waals surface area contributed by atoms with Crippen LogP contribution in [0.25, 0.3) is 0 Å². The topological polar surface area (TPSA) is 47.6 Å². The van der Waals surface area contributed by atoms with Crippen LogP contribution in [0.5, 0.6) is 5.75 Å². The highest BCUT2D eigenvalue weighted by atomic mass is 16.6. The molecule has 0 saturated carbocycles. The molecular formula is C27H29NO3. The molecule has 4 rings (SSSR count). The Bertz CT molecular complexity index is 999. The summed E-state index contributed by atoms with van der Waals surface area (Å²) in [6, 6.07) is 25.1. The van der Waals surface area contributed by atoms with Gasteiger partial charge in [0.2, 0.25) is 0 Å². The Labute approximate surface area is 184 Å². The van der Waals surface area contributed by atoms with Crippen LogP contribution in [0.4, 0.5) is 11.4 Å². The number of nitrogens with one attached hydrogen (secondary N) is 1. The molecule has 1 unspecified atom stereocenters. The molecule has 160 valence electrons. The van der Waals surface area contributed by atoms with Gasteiger partial charge in [0.05, 0.1) is 6.61 Å². The van der Waals surface area contributed by atoms with Gasteiger partial charge in [-0.1, -0.05) is 42.5 Å². The van der Waals surface area contributed by atoms with Gasteiger partial charge in [0, 0.05) is 11.4 Å². The van der Waals surface area contributed by atoms with Crippen LogP contribution in [-0.4, -0.2) is 19.2 Å². The smallest absolute Gasteiger partial charge is 0.344 e. The van der Waals surface area contributed by atoms with Crippen molar-refractivity contribution in [3.63, 3.8) is 0 Å². The molecule has 0 aliphatic heterocycles. The number of esters is 1. The van der Waals surface area contributed by atoms with Crippen molar-refractivity contribution in [2.45, 2.75) is 32.6 Å². The maximum absolute atomic E-state index is 11.6. The van der Waals surface area contributed by atoms with Crippen LogP contribution >= 0.6 is 0 Å². The number of carbonyl (C=O) groups is 1. The van der Waals surface area contributed by atoms with Crippen molar-refractivity contribution in [2.75, 3.05) is 18.5 Å². The number of ether oxygens (including phenoxy) is 2. The van der Waals surface area contributed by atoms with E-state index in [0.717, 1.165) is 42.8 Å². The first-order chi connectivity index (χ1) is 15.2. The highest BCUT2D eigenvalue weighted by Crippen LogP contribution is 2.34. The minimum absolute atomic E-state index is 0.0307. The Morgan fingerprint density at radius 1 is 0.968 bits per heavy atom. The minimum Gasteiger partial charge on any atom is -0.482 e. The maximum atomic E-state index is 11.6. The monoisotopic (exact) mass is 415 g/mol. The SMILES string of the molecule is CCOC(=O)COc1cccc2c1CCC(Cc1ccc(Nc3ccccc3)cc1)C2. The molecule has 1 N–H and O–H groups in total. The number of benzene rings is 3. The van der Waals surface area contributed by atoms with Gasteiger partial charge in [0.15, 0.2) is 6.61 Å². The Morgan fingerprint density at radius 3 is 2.52 bits per heavy atom. The summed E-state index contributed by atoms with van der Waals surface area (Å²) >= 11 is 0. The molecule has 3 aromatic rings. The largest absolute Gasteiger partial charge is 0.482 e. The van der Waals surface area contributed by atoms with Crippen LogP contribution < -0.4 is 10.1 Å². The van der Waals surface area contributed by atoms with Gasteiger partial charge >= 0.3 is 5.97 Å². The van der Waals surface area contributed by atoms with Crippen molar-refractivity contribution in [3.8, 4) is 5.75 Å². The molecular weight excluding hydrogens is 386 g/mol. The first-order valence-corrected chi connectivity index (χ1v) is 11.0. The van der Waals surface area contributed by atoms with Crippen molar-refractivity contribution in [3.05, 3.63) is 89.5 Å². The standard InChI is InChI=1S/C27H29NO3/c1-2-30-27(29)19-31-26-10-6-7-22-18-21(13-16-25(22)26)17-20-11-14-24(15-12-20)28-23-8-4-3-5-9-23/h3-12,14-15,21,28H,2,13,16-19H2,1H3.